The molecule has 0 unspecified atom stereocenters. The number of methoxy groups -OCH3 is 1. The number of hydrogen-bond acceptors (Lipinski definition) is 5. The molecule has 0 atom stereocenters. The van der Waals surface area contributed by atoms with Crippen molar-refractivity contribution in [2.75, 3.05) is 11.8 Å². The Balaban J connectivity index is 1.82. The van der Waals surface area contributed by atoms with Crippen LogP contribution in [0.3, 0.4) is 0 Å². The second-order valence-electron chi connectivity index (χ2n) is 6.50. The molecular weight excluding hydrogens is 376 g/mol. The molecule has 2 aromatic carbocycles. The van der Waals surface area contributed by atoms with E-state index in [-0.39, 0.29) is 10.7 Å². The zero-order chi connectivity index (χ0) is 19.9. The molecule has 0 bridgehead atoms. The van der Waals surface area contributed by atoms with Crippen LogP contribution in [0.2, 0.25) is 0 Å². The van der Waals surface area contributed by atoms with Crippen LogP contribution in [0.25, 0.3) is 21.9 Å². The smallest absolute Gasteiger partial charge is 0.263 e. The zero-order valence-corrected chi connectivity index (χ0v) is 16.6. The van der Waals surface area contributed by atoms with Gasteiger partial charge in [-0.2, -0.15) is 5.10 Å². The largest absolute Gasteiger partial charge is 0.497 e. The number of anilines is 1. The van der Waals surface area contributed by atoms with Gasteiger partial charge in [-0.1, -0.05) is 11.6 Å². The summed E-state index contributed by atoms with van der Waals surface area (Å²) in [6.07, 6.45) is 0. The van der Waals surface area contributed by atoms with Gasteiger partial charge < -0.3 is 4.74 Å². The number of ether oxygens (including phenoxy) is 1. The number of aromatic nitrogens is 3. The van der Waals surface area contributed by atoms with Gasteiger partial charge in [-0.3, -0.25) is 4.72 Å². The SMILES string of the molecule is CCn1nc(NS(=O)(=O)c2ccc(OC)cc2)c2cc3cc(C)ccc3nc21. The first-order valence-electron chi connectivity index (χ1n) is 8.86. The average molecular weight is 396 g/mol. The summed E-state index contributed by atoms with van der Waals surface area (Å²) in [4.78, 5) is 4.82. The number of fused-ring (bicyclic) bond motifs is 2. The summed E-state index contributed by atoms with van der Waals surface area (Å²) < 4.78 is 35.1. The van der Waals surface area contributed by atoms with E-state index in [2.05, 4.69) is 14.8 Å². The minimum atomic E-state index is -3.80. The molecule has 8 heteroatoms. The van der Waals surface area contributed by atoms with Crippen molar-refractivity contribution >= 4 is 37.8 Å². The number of nitrogens with one attached hydrogen (secondary N) is 1. The summed E-state index contributed by atoms with van der Waals surface area (Å²) >= 11 is 0. The van der Waals surface area contributed by atoms with Gasteiger partial charge in [0.15, 0.2) is 11.5 Å². The lowest BCUT2D eigenvalue weighted by Crippen LogP contribution is -2.13. The molecule has 0 saturated carbocycles. The van der Waals surface area contributed by atoms with Crippen molar-refractivity contribution in [1.82, 2.24) is 14.8 Å². The third-order valence-corrected chi connectivity index (χ3v) is 5.93. The molecule has 0 aliphatic rings. The lowest BCUT2D eigenvalue weighted by atomic mass is 10.1. The highest BCUT2D eigenvalue weighted by molar-refractivity contribution is 7.92. The van der Waals surface area contributed by atoms with Gasteiger partial charge >= 0.3 is 0 Å². The van der Waals surface area contributed by atoms with Crippen LogP contribution >= 0.6 is 0 Å². The zero-order valence-electron chi connectivity index (χ0n) is 15.8. The first-order chi connectivity index (χ1) is 13.4. The van der Waals surface area contributed by atoms with E-state index in [9.17, 15) is 8.42 Å². The fraction of sp³-hybridized carbons (Fsp3) is 0.200. The standard InChI is InChI=1S/C20H20N4O3S/c1-4-24-20-17(12-14-11-13(2)5-10-18(14)21-20)19(22-24)23-28(25,26)16-8-6-15(27-3)7-9-16/h5-12H,4H2,1-3H3,(H,22,23). The van der Waals surface area contributed by atoms with Crippen LogP contribution in [0.5, 0.6) is 5.75 Å². The Morgan fingerprint density at radius 3 is 2.54 bits per heavy atom. The minimum absolute atomic E-state index is 0.136. The number of rotatable bonds is 5. The normalized spacial score (nSPS) is 11.8. The summed E-state index contributed by atoms with van der Waals surface area (Å²) in [5.41, 5.74) is 2.60. The van der Waals surface area contributed by atoms with Crippen LogP contribution in [-0.2, 0) is 16.6 Å². The predicted molar refractivity (Wildman–Crippen MR) is 109 cm³/mol. The molecule has 0 fully saturated rings. The van der Waals surface area contributed by atoms with Crippen LogP contribution in [0.1, 0.15) is 12.5 Å². The Kier molecular flexibility index (Phi) is 4.43. The highest BCUT2D eigenvalue weighted by atomic mass is 32.2. The second kappa shape index (κ2) is 6.79. The first kappa shape index (κ1) is 18.2. The Hall–Kier alpha value is -3.13. The summed E-state index contributed by atoms with van der Waals surface area (Å²) in [7, 11) is -2.26. The van der Waals surface area contributed by atoms with Crippen molar-refractivity contribution in [3.8, 4) is 5.75 Å². The third kappa shape index (κ3) is 3.16. The van der Waals surface area contributed by atoms with Crippen molar-refractivity contribution < 1.29 is 13.2 Å². The number of aryl methyl sites for hydroxylation is 2. The Bertz CT molecular complexity index is 1280. The lowest BCUT2D eigenvalue weighted by molar-refractivity contribution is 0.414. The lowest BCUT2D eigenvalue weighted by Gasteiger charge is -2.07. The highest BCUT2D eigenvalue weighted by Gasteiger charge is 2.20. The molecule has 0 radical (unpaired) electrons. The van der Waals surface area contributed by atoms with E-state index in [4.69, 9.17) is 4.74 Å². The fourth-order valence-corrected chi connectivity index (χ4v) is 4.13. The molecule has 0 aliphatic heterocycles. The molecule has 28 heavy (non-hydrogen) atoms. The van der Waals surface area contributed by atoms with Gasteiger partial charge in [0.1, 0.15) is 5.75 Å². The van der Waals surface area contributed by atoms with E-state index in [0.29, 0.717) is 23.3 Å². The van der Waals surface area contributed by atoms with E-state index in [1.54, 1.807) is 16.8 Å². The summed E-state index contributed by atoms with van der Waals surface area (Å²) in [6.45, 7) is 4.52. The Morgan fingerprint density at radius 1 is 1.11 bits per heavy atom. The molecule has 7 nitrogen and oxygen atoms in total. The van der Waals surface area contributed by atoms with Crippen LogP contribution < -0.4 is 9.46 Å². The number of benzene rings is 2. The minimum Gasteiger partial charge on any atom is -0.497 e. The summed E-state index contributed by atoms with van der Waals surface area (Å²) in [5.74, 6) is 0.856. The number of pyridine rings is 1. The topological polar surface area (TPSA) is 86.1 Å². The Labute approximate surface area is 163 Å². The van der Waals surface area contributed by atoms with Crippen LogP contribution in [0.4, 0.5) is 5.82 Å². The molecular formula is C20H20N4O3S. The molecule has 2 aromatic heterocycles. The highest BCUT2D eigenvalue weighted by Crippen LogP contribution is 2.28. The molecule has 144 valence electrons. The van der Waals surface area contributed by atoms with E-state index in [1.165, 1.54) is 19.2 Å². The van der Waals surface area contributed by atoms with Crippen molar-refractivity contribution in [2.45, 2.75) is 25.3 Å². The van der Waals surface area contributed by atoms with Gasteiger partial charge in [0.25, 0.3) is 10.0 Å². The van der Waals surface area contributed by atoms with Gasteiger partial charge in [-0.25, -0.2) is 18.1 Å². The van der Waals surface area contributed by atoms with Crippen LogP contribution in [-0.4, -0.2) is 30.3 Å². The Morgan fingerprint density at radius 2 is 1.86 bits per heavy atom. The predicted octanol–water partition coefficient (Wildman–Crippen LogP) is 3.72. The number of hydrogen-bond donors (Lipinski definition) is 1. The molecule has 0 saturated heterocycles. The van der Waals surface area contributed by atoms with E-state index in [1.807, 2.05) is 38.1 Å². The maximum absolute atomic E-state index is 12.8. The van der Waals surface area contributed by atoms with Gasteiger partial charge in [0.05, 0.1) is 22.9 Å². The van der Waals surface area contributed by atoms with Gasteiger partial charge in [-0.05, 0) is 56.3 Å². The van der Waals surface area contributed by atoms with Crippen molar-refractivity contribution in [2.24, 2.45) is 0 Å². The molecule has 0 aliphatic carbocycles. The summed E-state index contributed by atoms with van der Waals surface area (Å²) in [6, 6.07) is 14.1. The molecule has 2 heterocycles. The van der Waals surface area contributed by atoms with Crippen molar-refractivity contribution in [3.05, 3.63) is 54.1 Å². The van der Waals surface area contributed by atoms with Crippen molar-refractivity contribution in [1.29, 1.82) is 0 Å². The fourth-order valence-electron chi connectivity index (χ4n) is 3.12. The average Bonchev–Trinajstić information content (AvgIpc) is 3.02. The van der Waals surface area contributed by atoms with Crippen molar-refractivity contribution in [3.63, 3.8) is 0 Å². The molecule has 1 N–H and O–H groups in total. The van der Waals surface area contributed by atoms with E-state index in [0.717, 1.165) is 16.5 Å². The van der Waals surface area contributed by atoms with Gasteiger partial charge in [0.2, 0.25) is 0 Å². The molecule has 0 amide bonds. The number of sulfonamides is 1. The monoisotopic (exact) mass is 396 g/mol. The van der Waals surface area contributed by atoms with Gasteiger partial charge in [0, 0.05) is 11.9 Å². The molecule has 0 spiro atoms. The van der Waals surface area contributed by atoms with E-state index >= 15 is 0 Å². The summed E-state index contributed by atoms with van der Waals surface area (Å²) in [5, 5.41) is 6.04. The maximum atomic E-state index is 12.8. The molecule has 4 rings (SSSR count). The first-order valence-corrected chi connectivity index (χ1v) is 10.3. The van der Waals surface area contributed by atoms with E-state index < -0.39 is 10.0 Å². The van der Waals surface area contributed by atoms with Crippen LogP contribution in [0.15, 0.2) is 53.4 Å². The van der Waals surface area contributed by atoms with Crippen LogP contribution in [0, 0.1) is 6.92 Å². The maximum Gasteiger partial charge on any atom is 0.263 e. The quantitative estimate of drug-likeness (QED) is 0.556. The third-order valence-electron chi connectivity index (χ3n) is 4.57. The van der Waals surface area contributed by atoms with Gasteiger partial charge in [-0.15, -0.1) is 0 Å². The number of nitrogens with zero attached hydrogens (tertiary/aromatic N) is 3. The second-order valence-corrected chi connectivity index (χ2v) is 8.18. The molecule has 4 aromatic rings.